The number of hydrogen-bond acceptors (Lipinski definition) is 2. The second kappa shape index (κ2) is 3.33. The lowest BCUT2D eigenvalue weighted by Gasteiger charge is -2.34. The molecular weight excluding hydrogens is 204 g/mol. The molecule has 0 spiro atoms. The Morgan fingerprint density at radius 3 is 1.31 bits per heavy atom. The molecule has 0 fully saturated rings. The normalized spacial score (nSPS) is 14.8. The van der Waals surface area contributed by atoms with Crippen molar-refractivity contribution >= 4 is 0 Å². The summed E-state index contributed by atoms with van der Waals surface area (Å²) in [5.74, 6) is 0. The zero-order valence-corrected chi connectivity index (χ0v) is 6.46. The van der Waals surface area contributed by atoms with Gasteiger partial charge in [0.1, 0.15) is 0 Å². The fourth-order valence-electron chi connectivity index (χ4n) is 0.707. The molecule has 8 heteroatoms. The van der Waals surface area contributed by atoms with Gasteiger partial charge in [-0.3, -0.25) is 0 Å². The predicted molar refractivity (Wildman–Crippen MR) is 30.9 cm³/mol. The lowest BCUT2D eigenvalue weighted by atomic mass is 10.0. The zero-order valence-electron chi connectivity index (χ0n) is 6.46. The first-order chi connectivity index (χ1) is 5.62. The highest BCUT2D eigenvalue weighted by Gasteiger charge is 2.71. The molecule has 0 aliphatic carbocycles. The standard InChI is InChI=1S/C5H7F6NO/c1-13-3(2-12,4(6,7)8)5(9,10)11/h2,12H2,1H3. The van der Waals surface area contributed by atoms with Gasteiger partial charge >= 0.3 is 12.4 Å². The summed E-state index contributed by atoms with van der Waals surface area (Å²) in [5.41, 5.74) is 0.162. The van der Waals surface area contributed by atoms with Crippen LogP contribution in [0.5, 0.6) is 0 Å². The summed E-state index contributed by atoms with van der Waals surface area (Å²) in [4.78, 5) is 0. The van der Waals surface area contributed by atoms with E-state index < -0.39 is 24.5 Å². The third-order valence-corrected chi connectivity index (χ3v) is 1.55. The number of methoxy groups -OCH3 is 1. The number of rotatable bonds is 2. The van der Waals surface area contributed by atoms with Gasteiger partial charge in [0.2, 0.25) is 0 Å². The number of halogens is 6. The van der Waals surface area contributed by atoms with Crippen molar-refractivity contribution in [2.75, 3.05) is 13.7 Å². The molecule has 0 aromatic rings. The van der Waals surface area contributed by atoms with Crippen LogP contribution in [0.25, 0.3) is 0 Å². The number of alkyl halides is 6. The van der Waals surface area contributed by atoms with Gasteiger partial charge in [0, 0.05) is 13.7 Å². The molecule has 2 nitrogen and oxygen atoms in total. The van der Waals surface area contributed by atoms with Crippen LogP contribution < -0.4 is 5.73 Å². The Hall–Kier alpha value is -0.500. The molecule has 0 aromatic carbocycles. The lowest BCUT2D eigenvalue weighted by molar-refractivity contribution is -0.370. The van der Waals surface area contributed by atoms with Crippen LogP contribution in [0.3, 0.4) is 0 Å². The molecule has 2 N–H and O–H groups in total. The Morgan fingerprint density at radius 2 is 1.31 bits per heavy atom. The fraction of sp³-hybridized carbons (Fsp3) is 1.00. The highest BCUT2D eigenvalue weighted by molar-refractivity contribution is 4.96. The van der Waals surface area contributed by atoms with Crippen LogP contribution in [0.2, 0.25) is 0 Å². The van der Waals surface area contributed by atoms with Gasteiger partial charge in [-0.2, -0.15) is 26.3 Å². The maximum absolute atomic E-state index is 11.9. The molecule has 0 aliphatic rings. The smallest absolute Gasteiger partial charge is 0.360 e. The molecule has 0 heterocycles. The topological polar surface area (TPSA) is 35.2 Å². The van der Waals surface area contributed by atoms with Crippen molar-refractivity contribution in [3.63, 3.8) is 0 Å². The molecule has 0 saturated carbocycles. The van der Waals surface area contributed by atoms with Crippen molar-refractivity contribution in [2.24, 2.45) is 5.73 Å². The molecule has 0 unspecified atom stereocenters. The summed E-state index contributed by atoms with van der Waals surface area (Å²) in [6.45, 7) is -1.70. The van der Waals surface area contributed by atoms with Crippen LogP contribution in [0.4, 0.5) is 26.3 Å². The van der Waals surface area contributed by atoms with Crippen molar-refractivity contribution in [3.8, 4) is 0 Å². The maximum Gasteiger partial charge on any atom is 0.427 e. The van der Waals surface area contributed by atoms with Crippen LogP contribution in [0.15, 0.2) is 0 Å². The van der Waals surface area contributed by atoms with Gasteiger partial charge < -0.3 is 10.5 Å². The van der Waals surface area contributed by atoms with Crippen molar-refractivity contribution in [1.29, 1.82) is 0 Å². The van der Waals surface area contributed by atoms with E-state index in [1.807, 2.05) is 0 Å². The second-order valence-corrected chi connectivity index (χ2v) is 2.23. The minimum atomic E-state index is -5.57. The number of hydrogen-bond donors (Lipinski definition) is 1. The Balaban J connectivity index is 5.17. The minimum absolute atomic E-state index is 0.313. The average molecular weight is 211 g/mol. The van der Waals surface area contributed by atoms with Gasteiger partial charge in [-0.1, -0.05) is 0 Å². The summed E-state index contributed by atoms with van der Waals surface area (Å²) in [7, 11) is 0.313. The van der Waals surface area contributed by atoms with Gasteiger partial charge in [-0.15, -0.1) is 0 Å². The Labute approximate surface area is 69.6 Å². The van der Waals surface area contributed by atoms with E-state index >= 15 is 0 Å². The van der Waals surface area contributed by atoms with E-state index in [2.05, 4.69) is 10.5 Å². The van der Waals surface area contributed by atoms with Crippen molar-refractivity contribution in [1.82, 2.24) is 0 Å². The molecule has 0 bridgehead atoms. The van der Waals surface area contributed by atoms with E-state index in [0.29, 0.717) is 7.11 Å². The molecule has 80 valence electrons. The molecule has 0 amide bonds. The van der Waals surface area contributed by atoms with Crippen LogP contribution >= 0.6 is 0 Å². The third-order valence-electron chi connectivity index (χ3n) is 1.55. The highest BCUT2D eigenvalue weighted by Crippen LogP contribution is 2.44. The van der Waals surface area contributed by atoms with E-state index in [1.54, 1.807) is 0 Å². The van der Waals surface area contributed by atoms with Crippen LogP contribution in [-0.4, -0.2) is 31.6 Å². The average Bonchev–Trinajstić information content (AvgIpc) is 1.84. The van der Waals surface area contributed by atoms with Gasteiger partial charge in [-0.25, -0.2) is 0 Å². The number of ether oxygens (including phenoxy) is 1. The van der Waals surface area contributed by atoms with Gasteiger partial charge in [-0.05, 0) is 0 Å². The third kappa shape index (κ3) is 1.88. The predicted octanol–water partition coefficient (Wildman–Crippen LogP) is 1.45. The first-order valence-corrected chi connectivity index (χ1v) is 3.01. The second-order valence-electron chi connectivity index (χ2n) is 2.23. The monoisotopic (exact) mass is 211 g/mol. The van der Waals surface area contributed by atoms with Crippen molar-refractivity contribution in [2.45, 2.75) is 18.0 Å². The fourth-order valence-corrected chi connectivity index (χ4v) is 0.707. The first-order valence-electron chi connectivity index (χ1n) is 3.01. The zero-order chi connectivity index (χ0) is 10.9. The summed E-state index contributed by atoms with van der Waals surface area (Å²) >= 11 is 0. The largest absolute Gasteiger partial charge is 0.427 e. The van der Waals surface area contributed by atoms with E-state index in [-0.39, 0.29) is 0 Å². The first kappa shape index (κ1) is 12.5. The Bertz CT molecular complexity index is 153. The molecule has 0 aromatic heterocycles. The Morgan fingerprint density at radius 1 is 1.00 bits per heavy atom. The van der Waals surface area contributed by atoms with Crippen molar-refractivity contribution < 1.29 is 31.1 Å². The maximum atomic E-state index is 11.9. The summed E-state index contributed by atoms with van der Waals surface area (Å²) < 4.78 is 75.1. The van der Waals surface area contributed by atoms with Gasteiger partial charge in [0.15, 0.2) is 0 Å². The van der Waals surface area contributed by atoms with E-state index in [4.69, 9.17) is 0 Å². The molecule has 0 atom stereocenters. The summed E-state index contributed by atoms with van der Waals surface area (Å²) in [6, 6.07) is 0. The minimum Gasteiger partial charge on any atom is -0.360 e. The lowest BCUT2D eigenvalue weighted by Crippen LogP contribution is -2.62. The molecule has 0 radical (unpaired) electrons. The molecule has 0 aliphatic heterocycles. The van der Waals surface area contributed by atoms with E-state index in [0.717, 1.165) is 0 Å². The summed E-state index contributed by atoms with van der Waals surface area (Å²) in [6.07, 6.45) is -11.1. The van der Waals surface area contributed by atoms with Crippen LogP contribution in [0, 0.1) is 0 Å². The van der Waals surface area contributed by atoms with Crippen molar-refractivity contribution in [3.05, 3.63) is 0 Å². The molecule has 13 heavy (non-hydrogen) atoms. The van der Waals surface area contributed by atoms with Gasteiger partial charge in [0.05, 0.1) is 0 Å². The van der Waals surface area contributed by atoms with Gasteiger partial charge in [0.25, 0.3) is 5.60 Å². The molecular formula is C5H7F6NO. The Kier molecular flexibility index (Phi) is 3.21. The van der Waals surface area contributed by atoms with E-state index in [1.165, 1.54) is 0 Å². The van der Waals surface area contributed by atoms with E-state index in [9.17, 15) is 26.3 Å². The SMILES string of the molecule is COC(CN)(C(F)(F)F)C(F)(F)F. The number of nitrogens with two attached hydrogens (primary N) is 1. The summed E-state index contributed by atoms with van der Waals surface area (Å²) in [5, 5.41) is 0. The van der Waals surface area contributed by atoms with Crippen LogP contribution in [-0.2, 0) is 4.74 Å². The quantitative estimate of drug-likeness (QED) is 0.701. The highest BCUT2D eigenvalue weighted by atomic mass is 19.4. The van der Waals surface area contributed by atoms with Crippen LogP contribution in [0.1, 0.15) is 0 Å². The molecule has 0 rings (SSSR count). The molecule has 0 saturated heterocycles.